The summed E-state index contributed by atoms with van der Waals surface area (Å²) in [6.45, 7) is 6.06. The topological polar surface area (TPSA) is 67.9 Å². The fourth-order valence-corrected chi connectivity index (χ4v) is 2.60. The highest BCUT2D eigenvalue weighted by molar-refractivity contribution is 6.32. The van der Waals surface area contributed by atoms with Crippen molar-refractivity contribution in [1.82, 2.24) is 10.2 Å². The van der Waals surface area contributed by atoms with E-state index in [0.29, 0.717) is 35.1 Å². The predicted octanol–water partition coefficient (Wildman–Crippen LogP) is 3.44. The molecule has 1 N–H and O–H groups in total. The molecule has 3 amide bonds. The average Bonchev–Trinajstić information content (AvgIpc) is 2.77. The van der Waals surface area contributed by atoms with Crippen molar-refractivity contribution in [2.45, 2.75) is 33.3 Å². The van der Waals surface area contributed by atoms with Gasteiger partial charge in [-0.2, -0.15) is 0 Å². The fraction of sp³-hybridized carbons (Fsp3) is 0.412. The molecule has 1 saturated heterocycles. The van der Waals surface area contributed by atoms with Crippen LogP contribution in [0.2, 0.25) is 5.02 Å². The van der Waals surface area contributed by atoms with Gasteiger partial charge in [0, 0.05) is 6.54 Å². The van der Waals surface area contributed by atoms with Crippen LogP contribution in [0.15, 0.2) is 17.8 Å². The summed E-state index contributed by atoms with van der Waals surface area (Å²) in [5, 5.41) is 2.95. The maximum Gasteiger partial charge on any atom is 0.329 e. The Morgan fingerprint density at radius 3 is 2.62 bits per heavy atom. The molecule has 0 bridgehead atoms. The van der Waals surface area contributed by atoms with Gasteiger partial charge in [-0.1, -0.05) is 18.5 Å². The Labute approximate surface area is 146 Å². The van der Waals surface area contributed by atoms with Crippen LogP contribution in [0.5, 0.6) is 11.5 Å². The van der Waals surface area contributed by atoms with Crippen LogP contribution in [-0.4, -0.2) is 36.6 Å². The quantitative estimate of drug-likeness (QED) is 0.629. The van der Waals surface area contributed by atoms with Gasteiger partial charge >= 0.3 is 6.03 Å². The van der Waals surface area contributed by atoms with Crippen molar-refractivity contribution in [2.24, 2.45) is 0 Å². The normalized spacial score (nSPS) is 16.1. The van der Waals surface area contributed by atoms with E-state index in [2.05, 4.69) is 5.32 Å². The highest BCUT2D eigenvalue weighted by Crippen LogP contribution is 2.37. The molecule has 130 valence electrons. The van der Waals surface area contributed by atoms with Gasteiger partial charge in [-0.05, 0) is 44.0 Å². The van der Waals surface area contributed by atoms with E-state index >= 15 is 0 Å². The van der Waals surface area contributed by atoms with Gasteiger partial charge in [0.2, 0.25) is 0 Å². The highest BCUT2D eigenvalue weighted by Gasteiger charge is 2.32. The molecule has 0 aliphatic carbocycles. The molecule has 0 radical (unpaired) electrons. The zero-order valence-corrected chi connectivity index (χ0v) is 14.9. The van der Waals surface area contributed by atoms with Crippen LogP contribution in [0.4, 0.5) is 4.79 Å². The van der Waals surface area contributed by atoms with Crippen molar-refractivity contribution in [3.05, 3.63) is 28.4 Å². The summed E-state index contributed by atoms with van der Waals surface area (Å²) in [5.41, 5.74) is 0.846. The van der Waals surface area contributed by atoms with E-state index in [4.69, 9.17) is 21.1 Å². The van der Waals surface area contributed by atoms with E-state index in [1.807, 2.05) is 20.8 Å². The van der Waals surface area contributed by atoms with Crippen LogP contribution in [0.1, 0.15) is 32.8 Å². The highest BCUT2D eigenvalue weighted by atomic mass is 35.5. The number of benzene rings is 1. The first kappa shape index (κ1) is 18.1. The number of nitrogens with zero attached hydrogens (tertiary/aromatic N) is 1. The van der Waals surface area contributed by atoms with E-state index in [-0.39, 0.29) is 17.7 Å². The lowest BCUT2D eigenvalue weighted by atomic mass is 10.1. The molecule has 0 aromatic heterocycles. The molecule has 1 aromatic carbocycles. The molecule has 1 heterocycles. The molecule has 0 atom stereocenters. The standard InChI is InChI=1S/C17H21ClN2O4/c1-5-6-20-16(21)13(19-17(20)22)8-11-7-12(18)15(24-10(2)3)14(9-11)23-4/h7-10H,5-6H2,1-4H3,(H,19,22)/b13-8+. The van der Waals surface area contributed by atoms with Crippen molar-refractivity contribution in [1.29, 1.82) is 0 Å². The number of amides is 3. The third-order valence-electron chi connectivity index (χ3n) is 3.33. The van der Waals surface area contributed by atoms with Gasteiger partial charge in [0.1, 0.15) is 5.70 Å². The molecule has 1 aliphatic rings. The van der Waals surface area contributed by atoms with Crippen LogP contribution in [-0.2, 0) is 4.79 Å². The van der Waals surface area contributed by atoms with Gasteiger partial charge < -0.3 is 14.8 Å². The zero-order chi connectivity index (χ0) is 17.9. The van der Waals surface area contributed by atoms with E-state index in [0.717, 1.165) is 0 Å². The van der Waals surface area contributed by atoms with E-state index in [9.17, 15) is 9.59 Å². The lowest BCUT2D eigenvalue weighted by molar-refractivity contribution is -0.122. The summed E-state index contributed by atoms with van der Waals surface area (Å²) in [7, 11) is 1.52. The SMILES string of the molecule is CCCN1C(=O)N/C(=C/c2cc(Cl)c(OC(C)C)c(OC)c2)C1=O. The van der Waals surface area contributed by atoms with E-state index in [1.54, 1.807) is 18.2 Å². The number of ether oxygens (including phenoxy) is 2. The van der Waals surface area contributed by atoms with Gasteiger partial charge in [0.25, 0.3) is 5.91 Å². The zero-order valence-electron chi connectivity index (χ0n) is 14.2. The molecule has 0 saturated carbocycles. The van der Waals surface area contributed by atoms with Crippen LogP contribution >= 0.6 is 11.6 Å². The molecular formula is C17H21ClN2O4. The number of hydrogen-bond acceptors (Lipinski definition) is 4. The Kier molecular flexibility index (Phi) is 5.72. The van der Waals surface area contributed by atoms with Crippen molar-refractivity contribution in [2.75, 3.05) is 13.7 Å². The largest absolute Gasteiger partial charge is 0.493 e. The molecule has 24 heavy (non-hydrogen) atoms. The first-order valence-electron chi connectivity index (χ1n) is 7.76. The predicted molar refractivity (Wildman–Crippen MR) is 92.3 cm³/mol. The molecule has 7 heteroatoms. The number of nitrogens with one attached hydrogen (secondary N) is 1. The number of carbonyl (C=O) groups is 2. The van der Waals surface area contributed by atoms with E-state index in [1.165, 1.54) is 12.0 Å². The molecule has 1 aromatic rings. The Morgan fingerprint density at radius 1 is 1.33 bits per heavy atom. The van der Waals surface area contributed by atoms with Crippen LogP contribution < -0.4 is 14.8 Å². The minimum absolute atomic E-state index is 0.0566. The smallest absolute Gasteiger partial charge is 0.329 e. The van der Waals surface area contributed by atoms with Gasteiger partial charge in [0.15, 0.2) is 11.5 Å². The Hall–Kier alpha value is -2.21. The van der Waals surface area contributed by atoms with Gasteiger partial charge in [-0.15, -0.1) is 0 Å². The molecule has 0 spiro atoms. The van der Waals surface area contributed by atoms with Crippen LogP contribution in [0.25, 0.3) is 6.08 Å². The minimum atomic E-state index is -0.411. The van der Waals surface area contributed by atoms with Crippen LogP contribution in [0.3, 0.4) is 0 Å². The summed E-state index contributed by atoms with van der Waals surface area (Å²) >= 11 is 6.27. The molecule has 1 fully saturated rings. The van der Waals surface area contributed by atoms with Gasteiger partial charge in [-0.3, -0.25) is 9.69 Å². The van der Waals surface area contributed by atoms with Crippen molar-refractivity contribution in [3.63, 3.8) is 0 Å². The summed E-state index contributed by atoms with van der Waals surface area (Å²) < 4.78 is 11.0. The molecular weight excluding hydrogens is 332 g/mol. The monoisotopic (exact) mass is 352 g/mol. The summed E-state index contributed by atoms with van der Waals surface area (Å²) in [6.07, 6.45) is 2.22. The molecule has 0 unspecified atom stereocenters. The second kappa shape index (κ2) is 7.57. The number of methoxy groups -OCH3 is 1. The maximum absolute atomic E-state index is 12.2. The first-order chi connectivity index (χ1) is 11.4. The lowest BCUT2D eigenvalue weighted by Gasteiger charge is -2.15. The number of halogens is 1. The van der Waals surface area contributed by atoms with E-state index < -0.39 is 6.03 Å². The number of rotatable bonds is 6. The summed E-state index contributed by atoms with van der Waals surface area (Å²) in [6, 6.07) is 2.96. The van der Waals surface area contributed by atoms with Crippen molar-refractivity contribution >= 4 is 29.6 Å². The Morgan fingerprint density at radius 2 is 2.04 bits per heavy atom. The van der Waals surface area contributed by atoms with Gasteiger partial charge in [0.05, 0.1) is 18.2 Å². The number of hydrogen-bond donors (Lipinski definition) is 1. The second-order valence-electron chi connectivity index (χ2n) is 5.65. The fourth-order valence-electron chi connectivity index (χ4n) is 2.34. The molecule has 2 rings (SSSR count). The number of imide groups is 1. The van der Waals surface area contributed by atoms with Crippen LogP contribution in [0, 0.1) is 0 Å². The Bertz CT molecular complexity index is 685. The number of urea groups is 1. The minimum Gasteiger partial charge on any atom is -0.493 e. The number of carbonyl (C=O) groups excluding carboxylic acids is 2. The second-order valence-corrected chi connectivity index (χ2v) is 6.05. The molecule has 6 nitrogen and oxygen atoms in total. The summed E-state index contributed by atoms with van der Waals surface area (Å²) in [5.74, 6) is 0.565. The average molecular weight is 353 g/mol. The summed E-state index contributed by atoms with van der Waals surface area (Å²) in [4.78, 5) is 25.3. The first-order valence-corrected chi connectivity index (χ1v) is 8.13. The lowest BCUT2D eigenvalue weighted by Crippen LogP contribution is -2.31. The Balaban J connectivity index is 2.35. The van der Waals surface area contributed by atoms with Crippen molar-refractivity contribution in [3.8, 4) is 11.5 Å². The molecule has 1 aliphatic heterocycles. The van der Waals surface area contributed by atoms with Gasteiger partial charge in [-0.25, -0.2) is 4.79 Å². The maximum atomic E-state index is 12.2. The third-order valence-corrected chi connectivity index (χ3v) is 3.61. The third kappa shape index (κ3) is 3.82. The van der Waals surface area contributed by atoms with Crippen molar-refractivity contribution < 1.29 is 19.1 Å².